The lowest BCUT2D eigenvalue weighted by atomic mass is 10.1. The summed E-state index contributed by atoms with van der Waals surface area (Å²) in [5.41, 5.74) is 1.13. The van der Waals surface area contributed by atoms with E-state index in [1.807, 2.05) is 6.92 Å². The summed E-state index contributed by atoms with van der Waals surface area (Å²) < 4.78 is 45.2. The summed E-state index contributed by atoms with van der Waals surface area (Å²) in [4.78, 5) is 17.7. The highest BCUT2D eigenvalue weighted by molar-refractivity contribution is 5.97. The van der Waals surface area contributed by atoms with Crippen molar-refractivity contribution in [1.29, 1.82) is 0 Å². The molecule has 1 atom stereocenters. The van der Waals surface area contributed by atoms with Gasteiger partial charge in [0.2, 0.25) is 0 Å². The molecule has 1 aliphatic heterocycles. The Hall–Kier alpha value is -2.20. The van der Waals surface area contributed by atoms with Crippen molar-refractivity contribution in [3.05, 3.63) is 23.5 Å². The number of nitrogens with zero attached hydrogens (tertiary/aromatic N) is 3. The maximum atomic E-state index is 13.4. The highest BCUT2D eigenvalue weighted by Gasteiger charge is 2.43. The zero-order valence-electron chi connectivity index (χ0n) is 14.3. The molecule has 0 bridgehead atoms. The molecule has 0 radical (unpaired) electrons. The molecule has 1 amide bonds. The van der Waals surface area contributed by atoms with Crippen molar-refractivity contribution in [2.75, 3.05) is 32.7 Å². The number of pyridine rings is 1. The predicted octanol–water partition coefficient (Wildman–Crippen LogP) is 1.35. The Kier molecular flexibility index (Phi) is 5.42. The second-order valence-corrected chi connectivity index (χ2v) is 6.11. The van der Waals surface area contributed by atoms with Gasteiger partial charge >= 0.3 is 6.18 Å². The quantitative estimate of drug-likeness (QED) is 0.826. The van der Waals surface area contributed by atoms with Crippen LogP contribution in [0.4, 0.5) is 13.2 Å². The van der Waals surface area contributed by atoms with Crippen molar-refractivity contribution in [1.82, 2.24) is 25.7 Å². The van der Waals surface area contributed by atoms with E-state index in [4.69, 9.17) is 4.52 Å². The lowest BCUT2D eigenvalue weighted by Crippen LogP contribution is -2.57. The van der Waals surface area contributed by atoms with Crippen molar-refractivity contribution in [3.8, 4) is 0 Å². The van der Waals surface area contributed by atoms with E-state index in [0.717, 1.165) is 0 Å². The minimum atomic E-state index is -4.42. The van der Waals surface area contributed by atoms with Crippen LogP contribution < -0.4 is 10.6 Å². The lowest BCUT2D eigenvalue weighted by molar-refractivity contribution is -0.183. The van der Waals surface area contributed by atoms with E-state index in [2.05, 4.69) is 20.8 Å². The van der Waals surface area contributed by atoms with Gasteiger partial charge in [0.25, 0.3) is 11.6 Å². The van der Waals surface area contributed by atoms with Crippen LogP contribution in [0.3, 0.4) is 0 Å². The van der Waals surface area contributed by atoms with Crippen LogP contribution in [0.25, 0.3) is 11.1 Å². The molecule has 0 saturated carbocycles. The van der Waals surface area contributed by atoms with Gasteiger partial charge in [-0.25, -0.2) is 4.98 Å². The lowest BCUT2D eigenvalue weighted by Gasteiger charge is -2.35. The molecule has 142 valence electrons. The van der Waals surface area contributed by atoms with E-state index in [1.165, 1.54) is 11.1 Å². The van der Waals surface area contributed by atoms with Crippen molar-refractivity contribution in [2.24, 2.45) is 0 Å². The van der Waals surface area contributed by atoms with Crippen LogP contribution in [-0.2, 0) is 6.42 Å². The number of aromatic nitrogens is 2. The molecule has 0 spiro atoms. The van der Waals surface area contributed by atoms with Crippen LogP contribution in [0.15, 0.2) is 16.8 Å². The van der Waals surface area contributed by atoms with E-state index in [9.17, 15) is 18.0 Å². The summed E-state index contributed by atoms with van der Waals surface area (Å²) in [6, 6.07) is -0.174. The number of rotatable bonds is 5. The third kappa shape index (κ3) is 3.96. The largest absolute Gasteiger partial charge is 0.405 e. The van der Waals surface area contributed by atoms with Gasteiger partial charge in [-0.1, -0.05) is 12.1 Å². The number of aryl methyl sites for hydroxylation is 1. The average molecular weight is 371 g/mol. The van der Waals surface area contributed by atoms with E-state index >= 15 is 0 Å². The molecule has 7 nitrogen and oxygen atoms in total. The molecular weight excluding hydrogens is 351 g/mol. The Morgan fingerprint density at radius 3 is 2.81 bits per heavy atom. The molecule has 10 heteroatoms. The van der Waals surface area contributed by atoms with Crippen molar-refractivity contribution in [3.63, 3.8) is 0 Å². The smallest absolute Gasteiger partial charge is 0.350 e. The molecule has 0 aromatic carbocycles. The highest BCUT2D eigenvalue weighted by Crippen LogP contribution is 2.25. The van der Waals surface area contributed by atoms with Crippen LogP contribution in [0.1, 0.15) is 23.0 Å². The number of amides is 1. The molecule has 2 aromatic heterocycles. The number of nitrogens with one attached hydrogen (secondary N) is 2. The summed E-state index contributed by atoms with van der Waals surface area (Å²) in [5, 5.41) is 9.85. The Morgan fingerprint density at radius 2 is 2.15 bits per heavy atom. The number of hydrogen-bond acceptors (Lipinski definition) is 6. The molecule has 1 aliphatic rings. The number of hydrogen-bond donors (Lipinski definition) is 2. The maximum Gasteiger partial charge on any atom is 0.405 e. The van der Waals surface area contributed by atoms with Crippen molar-refractivity contribution >= 4 is 17.0 Å². The molecule has 0 aliphatic carbocycles. The topological polar surface area (TPSA) is 83.3 Å². The second-order valence-electron chi connectivity index (χ2n) is 6.11. The van der Waals surface area contributed by atoms with Crippen molar-refractivity contribution in [2.45, 2.75) is 25.6 Å². The van der Waals surface area contributed by atoms with Crippen LogP contribution in [0, 0.1) is 0 Å². The van der Waals surface area contributed by atoms with E-state index in [-0.39, 0.29) is 18.7 Å². The van der Waals surface area contributed by atoms with Gasteiger partial charge in [0.15, 0.2) is 0 Å². The Labute approximate surface area is 147 Å². The number of halogens is 3. The van der Waals surface area contributed by atoms with Crippen LogP contribution in [0.2, 0.25) is 0 Å². The first-order valence-corrected chi connectivity index (χ1v) is 8.44. The molecule has 2 aromatic rings. The van der Waals surface area contributed by atoms with Gasteiger partial charge in [0, 0.05) is 38.9 Å². The van der Waals surface area contributed by atoms with Crippen molar-refractivity contribution < 1.29 is 22.5 Å². The average Bonchev–Trinajstić information content (AvgIpc) is 3.03. The molecule has 1 unspecified atom stereocenters. The van der Waals surface area contributed by atoms with Gasteiger partial charge < -0.3 is 15.2 Å². The van der Waals surface area contributed by atoms with Gasteiger partial charge in [-0.2, -0.15) is 13.2 Å². The van der Waals surface area contributed by atoms with Gasteiger partial charge in [-0.3, -0.25) is 9.69 Å². The molecule has 3 rings (SSSR count). The van der Waals surface area contributed by atoms with E-state index in [1.54, 1.807) is 6.07 Å². The van der Waals surface area contributed by atoms with E-state index < -0.39 is 24.7 Å². The third-order valence-electron chi connectivity index (χ3n) is 4.43. The monoisotopic (exact) mass is 371 g/mol. The Bertz CT molecular complexity index is 771. The minimum Gasteiger partial charge on any atom is -0.350 e. The zero-order valence-corrected chi connectivity index (χ0v) is 14.3. The molecule has 1 saturated heterocycles. The normalized spacial score (nSPS) is 17.4. The fourth-order valence-electron chi connectivity index (χ4n) is 3.00. The molecular formula is C16H20F3N5O2. The van der Waals surface area contributed by atoms with E-state index in [0.29, 0.717) is 36.3 Å². The molecule has 1 fully saturated rings. The zero-order chi connectivity index (χ0) is 18.7. The second kappa shape index (κ2) is 7.58. The van der Waals surface area contributed by atoms with Gasteiger partial charge in [-0.05, 0) is 12.5 Å². The number of carbonyl (C=O) groups excluding carboxylic acids is 1. The third-order valence-corrected chi connectivity index (χ3v) is 4.43. The first-order chi connectivity index (χ1) is 12.4. The summed E-state index contributed by atoms with van der Waals surface area (Å²) in [7, 11) is 0. The fraction of sp³-hybridized carbons (Fsp3) is 0.562. The Balaban J connectivity index is 1.71. The number of alkyl halides is 3. The first kappa shape index (κ1) is 18.6. The maximum absolute atomic E-state index is 13.4. The van der Waals surface area contributed by atoms with Gasteiger partial charge in [0.1, 0.15) is 6.04 Å². The van der Waals surface area contributed by atoms with Crippen LogP contribution >= 0.6 is 0 Å². The fourth-order valence-corrected chi connectivity index (χ4v) is 3.00. The highest BCUT2D eigenvalue weighted by atomic mass is 19.4. The number of carbonyl (C=O) groups is 1. The number of fused-ring (bicyclic) bond motifs is 1. The number of piperazine rings is 1. The van der Waals surface area contributed by atoms with Crippen LogP contribution in [0.5, 0.6) is 0 Å². The summed E-state index contributed by atoms with van der Waals surface area (Å²) >= 11 is 0. The minimum absolute atomic E-state index is 0.177. The molecule has 26 heavy (non-hydrogen) atoms. The SMILES string of the molecule is CCc1noc2ncc(C(=O)NCC(N3CCNCC3)C(F)(F)F)cc12. The summed E-state index contributed by atoms with van der Waals surface area (Å²) in [6.45, 7) is 2.93. The predicted molar refractivity (Wildman–Crippen MR) is 87.8 cm³/mol. The van der Waals surface area contributed by atoms with Crippen LogP contribution in [-0.4, -0.2) is 65.9 Å². The molecule has 3 heterocycles. The molecule has 2 N–H and O–H groups in total. The summed E-state index contributed by atoms with van der Waals surface area (Å²) in [6.07, 6.45) is -2.55. The summed E-state index contributed by atoms with van der Waals surface area (Å²) in [5.74, 6) is -0.605. The Morgan fingerprint density at radius 1 is 1.42 bits per heavy atom. The standard InChI is InChI=1S/C16H20F3N5O2/c1-2-12-11-7-10(8-22-15(11)26-23-12)14(25)21-9-13(16(17,18)19)24-5-3-20-4-6-24/h7-8,13,20H,2-6,9H2,1H3,(H,21,25). The van der Waals surface area contributed by atoms with Gasteiger partial charge in [-0.15, -0.1) is 0 Å². The van der Waals surface area contributed by atoms with Gasteiger partial charge in [0.05, 0.1) is 16.6 Å². The first-order valence-electron chi connectivity index (χ1n) is 8.44.